The van der Waals surface area contributed by atoms with Gasteiger partial charge in [-0.1, -0.05) is 61.2 Å². The summed E-state index contributed by atoms with van der Waals surface area (Å²) in [7, 11) is 2.07. The molecule has 0 unspecified atom stereocenters. The number of rotatable bonds is 12. The molecule has 4 N–H and O–H groups in total. The molecule has 0 radical (unpaired) electrons. The number of nitrogens with one attached hydrogen (secondary N) is 4. The normalized spacial score (nSPS) is 17.4. The SMILES string of the molecule is C=CC(=O)N1CCC(n2c(NC(=O)c3ccnc(C)c3)nc3ccc4c(c32)NC(=O)OC4)CC1.C=CC(=O)N1CCCC[C@@H](n2c(NC(=O)c3cccc(C)c3)nc3ccc4c(c32)OCCO4)C1.C=CC(=O)N1CCC[C@@H](n2c(NC(=O)c3cccc(C)c3)nc3ccc4c(c32)CN(C)CCO4)C1. The molecule has 0 saturated carbocycles. The predicted octanol–water partition coefficient (Wildman–Crippen LogP) is 11.3. The number of aryl methyl sites for hydroxylation is 3. The van der Waals surface area contributed by atoms with Crippen molar-refractivity contribution in [2.45, 2.75) is 97.0 Å². The van der Waals surface area contributed by atoms with E-state index in [1.807, 2.05) is 113 Å². The lowest BCUT2D eigenvalue weighted by Gasteiger charge is -2.34. The lowest BCUT2D eigenvalue weighted by atomic mass is 10.0. The molecule has 3 saturated heterocycles. The highest BCUT2D eigenvalue weighted by Gasteiger charge is 2.35. The first-order chi connectivity index (χ1) is 49.9. The van der Waals surface area contributed by atoms with Crippen molar-refractivity contribution >= 4 is 98.2 Å². The van der Waals surface area contributed by atoms with Crippen molar-refractivity contribution in [1.82, 2.24) is 53.2 Å². The number of amides is 7. The largest absolute Gasteiger partial charge is 0.492 e. The standard InChI is InChI=1S/C27H31N5O3.C26H28N4O4.C24H24N6O4/c1-4-24(33)31-12-6-9-20(16-31)32-25-21-17-30(3)13-14-35-23(21)11-10-22(25)28-27(32)29-26(34)19-8-5-7-18(2)15-19;1-3-22(31)29-12-5-4-9-19(16-29)30-23-20(10-11-21-24(23)34-14-13-33-21)27-26(30)28-25(32)18-8-6-7-17(2)15-18;1-3-19(31)29-10-7-17(8-11-29)30-21-18(5-4-16-13-34-24(33)27-20(16)21)26-23(30)28-22(32)15-6-9-25-14(2)12-15/h4-5,7-8,10-11,15,20H,1,6,9,12-14,16-17H2,2-3H3,(H,28,29,34);3,6-8,10-11,15,19H,1,4-5,9,12-14,16H2,2H3,(H,27,28,32);3-6,9,12,17H,1,7-8,10-11,13H2,2H3,(H,27,33)(H,26,28,32)/t20-;19-;/m11./s1. The summed E-state index contributed by atoms with van der Waals surface area (Å²) >= 11 is 0. The van der Waals surface area contributed by atoms with Gasteiger partial charge >= 0.3 is 6.09 Å². The van der Waals surface area contributed by atoms with Crippen molar-refractivity contribution in [2.24, 2.45) is 0 Å². The number of cyclic esters (lactones) is 1. The van der Waals surface area contributed by atoms with E-state index in [9.17, 15) is 33.6 Å². The Balaban J connectivity index is 0.000000138. The van der Waals surface area contributed by atoms with E-state index in [4.69, 9.17) is 33.9 Å². The van der Waals surface area contributed by atoms with Crippen molar-refractivity contribution in [1.29, 1.82) is 0 Å². The molecule has 15 rings (SSSR count). The van der Waals surface area contributed by atoms with Crippen LogP contribution in [0.25, 0.3) is 33.1 Å². The van der Waals surface area contributed by atoms with Crippen LogP contribution in [-0.2, 0) is 32.3 Å². The molecule has 2 atom stereocenters. The average Bonchev–Trinajstić information content (AvgIpc) is 1.63. The number of carbonyl (C=O) groups is 7. The monoisotopic (exact) mass is 1390 g/mol. The first-order valence-corrected chi connectivity index (χ1v) is 34.8. The lowest BCUT2D eigenvalue weighted by Crippen LogP contribution is -2.40. The molecule has 0 spiro atoms. The molecule has 26 nitrogen and oxygen atoms in total. The number of imidazole rings is 3. The maximum absolute atomic E-state index is 13.2. The number of fused-ring (bicyclic) bond motifs is 9. The van der Waals surface area contributed by atoms with E-state index in [1.54, 1.807) is 35.4 Å². The summed E-state index contributed by atoms with van der Waals surface area (Å²) in [6, 6.07) is 29.5. The molecule has 103 heavy (non-hydrogen) atoms. The molecule has 4 aromatic heterocycles. The van der Waals surface area contributed by atoms with Gasteiger partial charge < -0.3 is 47.3 Å². The smallest absolute Gasteiger partial charge is 0.412 e. The van der Waals surface area contributed by atoms with Gasteiger partial charge in [-0.3, -0.25) is 59.9 Å². The fourth-order valence-corrected chi connectivity index (χ4v) is 14.4. The zero-order valence-corrected chi connectivity index (χ0v) is 58.2. The van der Waals surface area contributed by atoms with Crippen LogP contribution in [0.1, 0.15) is 122 Å². The minimum atomic E-state index is -0.531. The zero-order valence-electron chi connectivity index (χ0n) is 58.2. The van der Waals surface area contributed by atoms with Crippen LogP contribution in [0.3, 0.4) is 0 Å². The quantitative estimate of drug-likeness (QED) is 0.0827. The second-order valence-corrected chi connectivity index (χ2v) is 26.5. The molecule has 532 valence electrons. The Morgan fingerprint density at radius 2 is 1.05 bits per heavy atom. The minimum Gasteiger partial charge on any atom is -0.492 e. The molecule has 5 aromatic carbocycles. The molecule has 6 aliphatic rings. The molecular formula is C77H83N15O11. The second kappa shape index (κ2) is 30.7. The highest BCUT2D eigenvalue weighted by Crippen LogP contribution is 2.44. The Morgan fingerprint density at radius 3 is 1.66 bits per heavy atom. The van der Waals surface area contributed by atoms with E-state index in [0.717, 1.165) is 94.4 Å². The van der Waals surface area contributed by atoms with Crippen LogP contribution >= 0.6 is 0 Å². The topological polar surface area (TPSA) is 284 Å². The van der Waals surface area contributed by atoms with Crippen LogP contribution in [0.4, 0.5) is 28.3 Å². The first kappa shape index (κ1) is 69.8. The van der Waals surface area contributed by atoms with Gasteiger partial charge in [0.1, 0.15) is 37.7 Å². The number of hydrogen-bond donors (Lipinski definition) is 4. The van der Waals surface area contributed by atoms with Crippen molar-refractivity contribution in [3.05, 3.63) is 186 Å². The number of piperidine rings is 2. The van der Waals surface area contributed by atoms with Crippen molar-refractivity contribution in [3.8, 4) is 17.2 Å². The number of nitrogens with zero attached hydrogens (tertiary/aromatic N) is 11. The van der Waals surface area contributed by atoms with E-state index < -0.39 is 6.09 Å². The van der Waals surface area contributed by atoms with Gasteiger partial charge in [-0.25, -0.2) is 19.7 Å². The summed E-state index contributed by atoms with van der Waals surface area (Å²) in [5, 5.41) is 11.8. The second-order valence-electron chi connectivity index (χ2n) is 26.5. The Hall–Kier alpha value is -11.7. The van der Waals surface area contributed by atoms with E-state index in [1.165, 1.54) is 18.2 Å². The molecular weight excluding hydrogens is 1310 g/mol. The zero-order chi connectivity index (χ0) is 72.0. The predicted molar refractivity (Wildman–Crippen MR) is 391 cm³/mol. The third-order valence-corrected chi connectivity index (χ3v) is 19.4. The van der Waals surface area contributed by atoms with Crippen molar-refractivity contribution in [3.63, 3.8) is 0 Å². The van der Waals surface area contributed by atoms with Gasteiger partial charge in [-0.05, 0) is 158 Å². The number of likely N-dealkylation sites (N-methyl/N-ethyl adjacent to an activating group) is 1. The number of carbonyl (C=O) groups excluding carboxylic acids is 7. The van der Waals surface area contributed by atoms with Gasteiger partial charge in [0.05, 0.1) is 45.4 Å². The number of hydrogen-bond acceptors (Lipinski definition) is 16. The molecule has 3 fully saturated rings. The van der Waals surface area contributed by atoms with Crippen LogP contribution in [0.5, 0.6) is 17.2 Å². The molecule has 9 aromatic rings. The number of likely N-dealkylation sites (tertiary alicyclic amines) is 3. The third kappa shape index (κ3) is 15.1. The Kier molecular flexibility index (Phi) is 20.8. The number of anilines is 4. The maximum Gasteiger partial charge on any atom is 0.412 e. The Morgan fingerprint density at radius 1 is 0.524 bits per heavy atom. The van der Waals surface area contributed by atoms with E-state index in [0.29, 0.717) is 141 Å². The summed E-state index contributed by atoms with van der Waals surface area (Å²) in [5.41, 5.74) is 11.5. The molecule has 26 heteroatoms. The summed E-state index contributed by atoms with van der Waals surface area (Å²) in [6.45, 7) is 23.4. The van der Waals surface area contributed by atoms with Crippen molar-refractivity contribution < 1.29 is 52.5 Å². The molecule has 6 aliphatic heterocycles. The van der Waals surface area contributed by atoms with E-state index in [-0.39, 0.29) is 60.2 Å². The van der Waals surface area contributed by atoms with Gasteiger partial charge in [0, 0.05) is 98.1 Å². The average molecular weight is 1390 g/mol. The maximum atomic E-state index is 13.2. The Labute approximate surface area is 595 Å². The van der Waals surface area contributed by atoms with Crippen LogP contribution in [0.15, 0.2) is 141 Å². The number of benzene rings is 5. The number of ether oxygens (including phenoxy) is 4. The minimum absolute atomic E-state index is 0.0366. The third-order valence-electron chi connectivity index (χ3n) is 19.4. The van der Waals surface area contributed by atoms with Gasteiger partial charge in [0.2, 0.25) is 35.6 Å². The highest BCUT2D eigenvalue weighted by atomic mass is 16.6. The summed E-state index contributed by atoms with van der Waals surface area (Å²) < 4.78 is 29.1. The van der Waals surface area contributed by atoms with E-state index in [2.05, 4.69) is 62.5 Å². The van der Waals surface area contributed by atoms with Crippen molar-refractivity contribution in [2.75, 3.05) is 93.9 Å². The van der Waals surface area contributed by atoms with E-state index >= 15 is 0 Å². The first-order valence-electron chi connectivity index (χ1n) is 34.8. The fraction of sp³-hybridized carbons (Fsp3) is 0.338. The summed E-state index contributed by atoms with van der Waals surface area (Å²) in [4.78, 5) is 115. The molecule has 0 bridgehead atoms. The fourth-order valence-electron chi connectivity index (χ4n) is 14.4. The van der Waals surface area contributed by atoms with Crippen LogP contribution in [0, 0.1) is 20.8 Å². The van der Waals surface area contributed by atoms with Crippen LogP contribution in [-0.4, -0.2) is 167 Å². The van der Waals surface area contributed by atoms with Crippen LogP contribution < -0.4 is 35.5 Å². The number of aromatic nitrogens is 7. The Bertz CT molecular complexity index is 4830. The van der Waals surface area contributed by atoms with Crippen LogP contribution in [0.2, 0.25) is 0 Å². The summed E-state index contributed by atoms with van der Waals surface area (Å²) in [6.07, 6.45) is 10.9. The van der Waals surface area contributed by atoms with Gasteiger partial charge in [-0.2, -0.15) is 0 Å². The number of pyridine rings is 1. The molecule has 0 aliphatic carbocycles. The molecule has 10 heterocycles. The van der Waals surface area contributed by atoms with Gasteiger partial charge in [0.25, 0.3) is 17.7 Å². The van der Waals surface area contributed by atoms with Gasteiger partial charge in [-0.15, -0.1) is 0 Å². The molecule has 7 amide bonds. The van der Waals surface area contributed by atoms with Gasteiger partial charge in [0.15, 0.2) is 11.5 Å². The highest BCUT2D eigenvalue weighted by molar-refractivity contribution is 6.07. The summed E-state index contributed by atoms with van der Waals surface area (Å²) in [5.74, 6) is 2.41. The lowest BCUT2D eigenvalue weighted by molar-refractivity contribution is -0.128.